The van der Waals surface area contributed by atoms with Crippen molar-refractivity contribution in [3.05, 3.63) is 105 Å². The van der Waals surface area contributed by atoms with Crippen LogP contribution in [0, 0.1) is 27.5 Å². The zero-order chi connectivity index (χ0) is 28.5. The molecule has 0 heterocycles. The molecule has 0 bridgehead atoms. The SMILES string of the molecule is [2H]C([2H])([2H])c1cc(C)cc(Cc2cc(Cc3cc([CH2][Ge][CH](C)C)cc(C([2H])([2H])[2H])c3)cc(C([2H])([2H])[2H])c2)c1. The van der Waals surface area contributed by atoms with Crippen molar-refractivity contribution in [3.63, 3.8) is 0 Å². The molecule has 0 aliphatic rings. The van der Waals surface area contributed by atoms with Gasteiger partial charge in [0.1, 0.15) is 0 Å². The molecule has 0 amide bonds. The van der Waals surface area contributed by atoms with Crippen molar-refractivity contribution < 1.29 is 12.3 Å². The molecule has 0 aliphatic heterocycles. The van der Waals surface area contributed by atoms with E-state index >= 15 is 0 Å². The van der Waals surface area contributed by atoms with Gasteiger partial charge in [0, 0.05) is 4.11 Å². The van der Waals surface area contributed by atoms with E-state index in [0.717, 1.165) is 38.6 Å². The molecule has 3 aromatic rings. The van der Waals surface area contributed by atoms with Crippen LogP contribution in [0.4, 0.5) is 0 Å². The number of benzene rings is 3. The Morgan fingerprint density at radius 1 is 0.621 bits per heavy atom. The summed E-state index contributed by atoms with van der Waals surface area (Å²) in [6.45, 7) is -0.539. The fraction of sp³-hybridized carbons (Fsp3) is 0.357. The summed E-state index contributed by atoms with van der Waals surface area (Å²) in [4.78, 5) is 0. The third-order valence-corrected chi connectivity index (χ3v) is 7.77. The Hall–Kier alpha value is -1.80. The number of hydrogen-bond acceptors (Lipinski definition) is 0. The molecule has 2 radical (unpaired) electrons. The predicted octanol–water partition coefficient (Wildman–Crippen LogP) is 7.13. The van der Waals surface area contributed by atoms with Crippen LogP contribution < -0.4 is 0 Å². The molecule has 0 spiro atoms. The van der Waals surface area contributed by atoms with E-state index in [1.165, 1.54) is 0 Å². The van der Waals surface area contributed by atoms with Gasteiger partial charge in [-0.3, -0.25) is 0 Å². The fourth-order valence-electron chi connectivity index (χ4n) is 3.69. The van der Waals surface area contributed by atoms with Crippen LogP contribution in [0.3, 0.4) is 0 Å². The zero-order valence-electron chi connectivity index (χ0n) is 26.4. The minimum absolute atomic E-state index is 0.215. The average Bonchev–Trinajstić information content (AvgIpc) is 2.75. The molecule has 1 heteroatoms. The second-order valence-electron chi connectivity index (χ2n) is 8.17. The molecule has 0 saturated carbocycles. The van der Waals surface area contributed by atoms with E-state index in [0.29, 0.717) is 23.2 Å². The zero-order valence-corrected chi connectivity index (χ0v) is 19.5. The molecule has 0 nitrogen and oxygen atoms in total. The van der Waals surface area contributed by atoms with Gasteiger partial charge in [-0.25, -0.2) is 0 Å². The van der Waals surface area contributed by atoms with E-state index in [-0.39, 0.29) is 26.6 Å². The molecule has 3 rings (SSSR count). The van der Waals surface area contributed by atoms with Crippen LogP contribution >= 0.6 is 0 Å². The summed E-state index contributed by atoms with van der Waals surface area (Å²) in [5.74, 6) is 0. The molecule has 3 aromatic carbocycles. The molecule has 150 valence electrons. The topological polar surface area (TPSA) is 0 Å². The van der Waals surface area contributed by atoms with E-state index in [2.05, 4.69) is 13.8 Å². The summed E-state index contributed by atoms with van der Waals surface area (Å²) >= 11 is -0.247. The summed E-state index contributed by atoms with van der Waals surface area (Å²) in [6, 6.07) is 16.0. The van der Waals surface area contributed by atoms with Crippen LogP contribution in [0.1, 0.15) is 76.3 Å². The Morgan fingerprint density at radius 3 is 1.55 bits per heavy atom. The van der Waals surface area contributed by atoms with Crippen molar-refractivity contribution in [2.45, 2.75) is 64.2 Å². The third kappa shape index (κ3) is 6.89. The predicted molar refractivity (Wildman–Crippen MR) is 128 cm³/mol. The molecular formula is C28H34Ge. The summed E-state index contributed by atoms with van der Waals surface area (Å²) in [5, 5.41) is 0.897. The fourth-order valence-corrected chi connectivity index (χ4v) is 5.47. The summed E-state index contributed by atoms with van der Waals surface area (Å²) in [7, 11) is 0. The Labute approximate surface area is 196 Å². The average molecular weight is 452 g/mol. The van der Waals surface area contributed by atoms with Crippen LogP contribution in [0.15, 0.2) is 54.6 Å². The Kier molecular flexibility index (Phi) is 4.33. The minimum atomic E-state index is -2.31. The second kappa shape index (κ2) is 9.80. The van der Waals surface area contributed by atoms with E-state index in [9.17, 15) is 0 Å². The van der Waals surface area contributed by atoms with Gasteiger partial charge >= 0.3 is 173 Å². The van der Waals surface area contributed by atoms with Gasteiger partial charge in [0.2, 0.25) is 0 Å². The van der Waals surface area contributed by atoms with E-state index in [1.54, 1.807) is 36.4 Å². The van der Waals surface area contributed by atoms with Crippen LogP contribution in [0.25, 0.3) is 0 Å². The third-order valence-electron chi connectivity index (χ3n) is 4.77. The molecular weight excluding hydrogens is 409 g/mol. The molecule has 0 atom stereocenters. The van der Waals surface area contributed by atoms with Gasteiger partial charge in [-0.05, 0) is 13.8 Å². The van der Waals surface area contributed by atoms with Crippen molar-refractivity contribution >= 4 is 15.4 Å². The van der Waals surface area contributed by atoms with Gasteiger partial charge in [-0.15, -0.1) is 0 Å². The molecule has 0 N–H and O–H groups in total. The Balaban J connectivity index is 2.02. The van der Waals surface area contributed by atoms with Gasteiger partial charge in [0.15, 0.2) is 0 Å². The van der Waals surface area contributed by atoms with Crippen molar-refractivity contribution in [3.8, 4) is 0 Å². The number of hydrogen-bond donors (Lipinski definition) is 0. The van der Waals surface area contributed by atoms with Crippen LogP contribution in [-0.2, 0) is 18.1 Å². The standard InChI is InChI=1S/C28H34Ge/c1-19(2)29-18-28-13-23(6)12-27(17-28)16-26-11-22(5)10-25(15-26)14-24-8-20(3)7-21(4)9-24/h7-13,15,17,19H,14,16,18H2,1-6H3/i3D3,5D3,6D3. The Morgan fingerprint density at radius 2 is 1.03 bits per heavy atom. The van der Waals surface area contributed by atoms with E-state index < -0.39 is 20.6 Å². The maximum absolute atomic E-state index is 8.01. The second-order valence-corrected chi connectivity index (χ2v) is 12.2. The van der Waals surface area contributed by atoms with E-state index in [4.69, 9.17) is 12.3 Å². The molecule has 29 heavy (non-hydrogen) atoms. The normalized spacial score (nSPS) is 17.2. The van der Waals surface area contributed by atoms with Crippen LogP contribution in [0.2, 0.25) is 4.75 Å². The van der Waals surface area contributed by atoms with Gasteiger partial charge in [0.25, 0.3) is 0 Å². The van der Waals surface area contributed by atoms with Crippen molar-refractivity contribution in [1.82, 2.24) is 0 Å². The van der Waals surface area contributed by atoms with Crippen molar-refractivity contribution in [2.75, 3.05) is 0 Å². The van der Waals surface area contributed by atoms with Gasteiger partial charge in [-0.1, -0.05) is 6.07 Å². The molecule has 0 unspecified atom stereocenters. The molecule has 0 aromatic heterocycles. The first kappa shape index (κ1) is 12.8. The first-order valence-electron chi connectivity index (χ1n) is 14.5. The summed E-state index contributed by atoms with van der Waals surface area (Å²) in [6.07, 6.45) is 0.797. The first-order valence-corrected chi connectivity index (χ1v) is 12.7. The van der Waals surface area contributed by atoms with E-state index in [1.807, 2.05) is 25.1 Å². The maximum atomic E-state index is 8.01. The van der Waals surface area contributed by atoms with Gasteiger partial charge < -0.3 is 0 Å². The molecule has 0 fully saturated rings. The van der Waals surface area contributed by atoms with Crippen molar-refractivity contribution in [2.24, 2.45) is 0 Å². The number of rotatable bonds is 7. The van der Waals surface area contributed by atoms with Crippen LogP contribution in [-0.4, -0.2) is 15.4 Å². The quantitative estimate of drug-likeness (QED) is 0.335. The van der Waals surface area contributed by atoms with Crippen molar-refractivity contribution in [1.29, 1.82) is 0 Å². The monoisotopic (exact) mass is 453 g/mol. The summed E-state index contributed by atoms with van der Waals surface area (Å²) in [5.41, 5.74) is 5.84. The number of aryl methyl sites for hydroxylation is 4. The summed E-state index contributed by atoms with van der Waals surface area (Å²) < 4.78 is 71.8. The van der Waals surface area contributed by atoms with Gasteiger partial charge in [-0.2, -0.15) is 0 Å². The van der Waals surface area contributed by atoms with Crippen LogP contribution in [0.5, 0.6) is 0 Å². The molecule has 0 saturated heterocycles. The Bertz CT molecular complexity index is 1270. The van der Waals surface area contributed by atoms with Gasteiger partial charge in [0.05, 0.1) is 0 Å². The molecule has 0 aliphatic carbocycles. The first-order chi connectivity index (χ1) is 17.4.